The molecule has 1 aliphatic heterocycles. The molecule has 8 heteroatoms. The third-order valence-corrected chi connectivity index (χ3v) is 4.24. The first-order valence-corrected chi connectivity index (χ1v) is 8.53. The molecule has 1 aromatic heterocycles. The van der Waals surface area contributed by atoms with Crippen LogP contribution in [0.15, 0.2) is 30.5 Å². The standard InChI is InChI=1S/C18H22N4O4/c1-3-22-16(18(24)21-8-10-26-11-9-21)14(12-19-22)20-17(23)13-6-4-5-7-15(13)25-2/h4-7,12H,3,8-11H2,1-2H3,(H,20,23). The average Bonchev–Trinajstić information content (AvgIpc) is 3.10. The predicted octanol–water partition coefficient (Wildman–Crippen LogP) is 1.64. The highest BCUT2D eigenvalue weighted by molar-refractivity contribution is 6.09. The zero-order chi connectivity index (χ0) is 18.5. The fourth-order valence-electron chi connectivity index (χ4n) is 2.88. The lowest BCUT2D eigenvalue weighted by Crippen LogP contribution is -2.41. The quantitative estimate of drug-likeness (QED) is 0.878. The first kappa shape index (κ1) is 17.9. The lowest BCUT2D eigenvalue weighted by molar-refractivity contribution is 0.0295. The molecule has 0 radical (unpaired) electrons. The zero-order valence-corrected chi connectivity index (χ0v) is 14.9. The number of hydrogen-bond donors (Lipinski definition) is 1. The highest BCUT2D eigenvalue weighted by Crippen LogP contribution is 2.22. The highest BCUT2D eigenvalue weighted by Gasteiger charge is 2.26. The maximum absolute atomic E-state index is 12.9. The molecule has 8 nitrogen and oxygen atoms in total. The number of rotatable bonds is 5. The van der Waals surface area contributed by atoms with Gasteiger partial charge in [0, 0.05) is 19.6 Å². The van der Waals surface area contributed by atoms with E-state index in [1.807, 2.05) is 6.92 Å². The fourth-order valence-corrected chi connectivity index (χ4v) is 2.88. The molecule has 2 aromatic rings. The van der Waals surface area contributed by atoms with Crippen molar-refractivity contribution in [1.82, 2.24) is 14.7 Å². The molecule has 1 N–H and O–H groups in total. The van der Waals surface area contributed by atoms with Crippen LogP contribution in [-0.2, 0) is 11.3 Å². The molecule has 0 aliphatic carbocycles. The predicted molar refractivity (Wildman–Crippen MR) is 95.6 cm³/mol. The third kappa shape index (κ3) is 3.55. The normalized spacial score (nSPS) is 14.2. The number of benzene rings is 1. The summed E-state index contributed by atoms with van der Waals surface area (Å²) in [5.41, 5.74) is 1.15. The van der Waals surface area contributed by atoms with Crippen molar-refractivity contribution in [3.05, 3.63) is 41.7 Å². The molecule has 2 heterocycles. The van der Waals surface area contributed by atoms with E-state index in [1.165, 1.54) is 13.3 Å². The van der Waals surface area contributed by atoms with Crippen LogP contribution in [0.4, 0.5) is 5.69 Å². The number of para-hydroxylation sites is 1. The topological polar surface area (TPSA) is 85.7 Å². The Morgan fingerprint density at radius 1 is 1.27 bits per heavy atom. The molecule has 1 aliphatic rings. The van der Waals surface area contributed by atoms with Gasteiger partial charge in [0.25, 0.3) is 11.8 Å². The van der Waals surface area contributed by atoms with Crippen molar-refractivity contribution in [3.8, 4) is 5.75 Å². The minimum absolute atomic E-state index is 0.164. The Morgan fingerprint density at radius 3 is 2.69 bits per heavy atom. The van der Waals surface area contributed by atoms with Gasteiger partial charge in [0.2, 0.25) is 0 Å². The first-order valence-electron chi connectivity index (χ1n) is 8.53. The molecule has 1 aromatic carbocycles. The van der Waals surface area contributed by atoms with Gasteiger partial charge < -0.3 is 19.7 Å². The van der Waals surface area contributed by atoms with Gasteiger partial charge in [-0.05, 0) is 19.1 Å². The third-order valence-electron chi connectivity index (χ3n) is 4.24. The zero-order valence-electron chi connectivity index (χ0n) is 14.9. The number of hydrogen-bond acceptors (Lipinski definition) is 5. The van der Waals surface area contributed by atoms with Gasteiger partial charge in [-0.3, -0.25) is 14.3 Å². The number of methoxy groups -OCH3 is 1. The van der Waals surface area contributed by atoms with Crippen LogP contribution in [0.5, 0.6) is 5.75 Å². The molecular formula is C18H22N4O4. The van der Waals surface area contributed by atoms with E-state index in [0.717, 1.165) is 0 Å². The summed E-state index contributed by atoms with van der Waals surface area (Å²) < 4.78 is 12.1. The summed E-state index contributed by atoms with van der Waals surface area (Å²) in [6.45, 7) is 4.48. The molecule has 3 rings (SSSR count). The minimum atomic E-state index is -0.353. The molecule has 0 atom stereocenters. The summed E-state index contributed by atoms with van der Waals surface area (Å²) in [5.74, 6) is -0.0500. The number of morpholine rings is 1. The Hall–Kier alpha value is -2.87. The number of carbonyl (C=O) groups is 2. The summed E-state index contributed by atoms with van der Waals surface area (Å²) in [6.07, 6.45) is 1.50. The van der Waals surface area contributed by atoms with E-state index in [4.69, 9.17) is 9.47 Å². The van der Waals surface area contributed by atoms with Gasteiger partial charge in [-0.25, -0.2) is 0 Å². The molecular weight excluding hydrogens is 336 g/mol. The number of nitrogens with one attached hydrogen (secondary N) is 1. The maximum atomic E-state index is 12.9. The van der Waals surface area contributed by atoms with Crippen molar-refractivity contribution < 1.29 is 19.1 Å². The van der Waals surface area contributed by atoms with Crippen LogP contribution in [0.3, 0.4) is 0 Å². The summed E-state index contributed by atoms with van der Waals surface area (Å²) in [4.78, 5) is 27.3. The van der Waals surface area contributed by atoms with Crippen LogP contribution in [0.2, 0.25) is 0 Å². The number of anilines is 1. The number of aromatic nitrogens is 2. The maximum Gasteiger partial charge on any atom is 0.274 e. The van der Waals surface area contributed by atoms with E-state index < -0.39 is 0 Å². The Bertz CT molecular complexity index is 796. The lowest BCUT2D eigenvalue weighted by Gasteiger charge is -2.27. The SMILES string of the molecule is CCn1ncc(NC(=O)c2ccccc2OC)c1C(=O)N1CCOCC1. The second-order valence-electron chi connectivity index (χ2n) is 5.78. The summed E-state index contributed by atoms with van der Waals surface area (Å²) in [6, 6.07) is 6.93. The smallest absolute Gasteiger partial charge is 0.274 e. The van der Waals surface area contributed by atoms with Crippen LogP contribution >= 0.6 is 0 Å². The van der Waals surface area contributed by atoms with Gasteiger partial charge in [0.15, 0.2) is 0 Å². The molecule has 0 unspecified atom stereocenters. The first-order chi connectivity index (χ1) is 12.7. The molecule has 2 amide bonds. The van der Waals surface area contributed by atoms with E-state index in [1.54, 1.807) is 33.8 Å². The minimum Gasteiger partial charge on any atom is -0.496 e. The van der Waals surface area contributed by atoms with E-state index in [2.05, 4.69) is 10.4 Å². The van der Waals surface area contributed by atoms with Crippen LogP contribution < -0.4 is 10.1 Å². The van der Waals surface area contributed by atoms with Crippen molar-refractivity contribution >= 4 is 17.5 Å². The van der Waals surface area contributed by atoms with Gasteiger partial charge >= 0.3 is 0 Å². The second-order valence-corrected chi connectivity index (χ2v) is 5.78. The number of amides is 2. The van der Waals surface area contributed by atoms with Crippen molar-refractivity contribution in [2.24, 2.45) is 0 Å². The van der Waals surface area contributed by atoms with Crippen molar-refractivity contribution in [2.75, 3.05) is 38.7 Å². The molecule has 0 bridgehead atoms. The summed E-state index contributed by atoms with van der Waals surface area (Å²) in [7, 11) is 1.51. The Kier molecular flexibility index (Phi) is 5.52. The van der Waals surface area contributed by atoms with Crippen LogP contribution in [0.1, 0.15) is 27.8 Å². The number of carbonyl (C=O) groups excluding carboxylic acids is 2. The van der Waals surface area contributed by atoms with Crippen molar-refractivity contribution in [1.29, 1.82) is 0 Å². The van der Waals surface area contributed by atoms with E-state index in [9.17, 15) is 9.59 Å². The average molecular weight is 358 g/mol. The summed E-state index contributed by atoms with van der Waals surface area (Å²) >= 11 is 0. The number of nitrogens with zero attached hydrogens (tertiary/aromatic N) is 3. The molecule has 138 valence electrons. The Morgan fingerprint density at radius 2 is 2.00 bits per heavy atom. The van der Waals surface area contributed by atoms with E-state index >= 15 is 0 Å². The molecule has 0 saturated carbocycles. The number of ether oxygens (including phenoxy) is 2. The van der Waals surface area contributed by atoms with Gasteiger partial charge in [0.05, 0.1) is 37.8 Å². The fraction of sp³-hybridized carbons (Fsp3) is 0.389. The number of aryl methyl sites for hydroxylation is 1. The second kappa shape index (κ2) is 8.01. The summed E-state index contributed by atoms with van der Waals surface area (Å²) in [5, 5.41) is 7.03. The molecule has 1 saturated heterocycles. The lowest BCUT2D eigenvalue weighted by atomic mass is 10.2. The Balaban J connectivity index is 1.87. The highest BCUT2D eigenvalue weighted by atomic mass is 16.5. The van der Waals surface area contributed by atoms with E-state index in [0.29, 0.717) is 55.5 Å². The molecule has 26 heavy (non-hydrogen) atoms. The largest absolute Gasteiger partial charge is 0.496 e. The van der Waals surface area contributed by atoms with Crippen LogP contribution in [0.25, 0.3) is 0 Å². The van der Waals surface area contributed by atoms with Gasteiger partial charge in [0.1, 0.15) is 11.4 Å². The van der Waals surface area contributed by atoms with Gasteiger partial charge in [-0.2, -0.15) is 5.10 Å². The van der Waals surface area contributed by atoms with E-state index in [-0.39, 0.29) is 11.8 Å². The molecule has 1 fully saturated rings. The van der Waals surface area contributed by atoms with Crippen LogP contribution in [-0.4, -0.2) is 59.9 Å². The van der Waals surface area contributed by atoms with Crippen molar-refractivity contribution in [3.63, 3.8) is 0 Å². The van der Waals surface area contributed by atoms with Gasteiger partial charge in [-0.15, -0.1) is 0 Å². The van der Waals surface area contributed by atoms with Gasteiger partial charge in [-0.1, -0.05) is 12.1 Å². The molecule has 0 spiro atoms. The monoisotopic (exact) mass is 358 g/mol. The van der Waals surface area contributed by atoms with Crippen molar-refractivity contribution in [2.45, 2.75) is 13.5 Å². The Labute approximate surface area is 151 Å². The van der Waals surface area contributed by atoms with Crippen LogP contribution in [0, 0.1) is 0 Å².